The molecule has 6 heteroatoms. The number of carboxylic acids is 1. The maximum absolute atomic E-state index is 10.9. The minimum atomic E-state index is -0.975. The molecule has 0 unspecified atom stereocenters. The molecular weight excluding hydrogens is 234 g/mol. The molecular formula is C12H11N3O3. The van der Waals surface area contributed by atoms with Crippen molar-refractivity contribution in [1.82, 2.24) is 9.78 Å². The van der Waals surface area contributed by atoms with Gasteiger partial charge in [-0.2, -0.15) is 5.10 Å². The Hall–Kier alpha value is -2.63. The SMILES string of the molecule is Cc1cc(-n2cc(C(N)=O)cn2)ccc1C(=O)O. The van der Waals surface area contributed by atoms with Crippen LogP contribution in [0.5, 0.6) is 0 Å². The van der Waals surface area contributed by atoms with Crippen molar-refractivity contribution in [3.63, 3.8) is 0 Å². The van der Waals surface area contributed by atoms with Crippen molar-refractivity contribution >= 4 is 11.9 Å². The van der Waals surface area contributed by atoms with Crippen molar-refractivity contribution in [2.45, 2.75) is 6.92 Å². The van der Waals surface area contributed by atoms with Gasteiger partial charge < -0.3 is 10.8 Å². The smallest absolute Gasteiger partial charge is 0.335 e. The van der Waals surface area contributed by atoms with Crippen LogP contribution in [-0.4, -0.2) is 26.8 Å². The van der Waals surface area contributed by atoms with Crippen LogP contribution in [0.15, 0.2) is 30.6 Å². The standard InChI is InChI=1S/C12H11N3O3/c1-7-4-9(2-3-10(7)12(17)18)15-6-8(5-14-15)11(13)16/h2-6H,1H3,(H2,13,16)(H,17,18). The highest BCUT2D eigenvalue weighted by Crippen LogP contribution is 2.14. The Labute approximate surface area is 103 Å². The first-order chi connectivity index (χ1) is 8.49. The number of benzene rings is 1. The minimum Gasteiger partial charge on any atom is -0.478 e. The normalized spacial score (nSPS) is 10.3. The number of nitrogens with two attached hydrogens (primary N) is 1. The van der Waals surface area contributed by atoms with Crippen molar-refractivity contribution < 1.29 is 14.7 Å². The molecule has 1 aromatic carbocycles. The lowest BCUT2D eigenvalue weighted by molar-refractivity contribution is 0.0696. The van der Waals surface area contributed by atoms with E-state index in [1.807, 2.05) is 0 Å². The van der Waals surface area contributed by atoms with Gasteiger partial charge in [0.25, 0.3) is 5.91 Å². The number of aromatic carboxylic acids is 1. The number of aromatic nitrogens is 2. The molecule has 0 fully saturated rings. The lowest BCUT2D eigenvalue weighted by Gasteiger charge is -2.05. The van der Waals surface area contributed by atoms with Crippen LogP contribution < -0.4 is 5.73 Å². The summed E-state index contributed by atoms with van der Waals surface area (Å²) in [5.41, 5.74) is 6.96. The third-order valence-corrected chi connectivity index (χ3v) is 2.57. The molecule has 2 aromatic rings. The van der Waals surface area contributed by atoms with E-state index in [1.54, 1.807) is 19.1 Å². The monoisotopic (exact) mass is 245 g/mol. The largest absolute Gasteiger partial charge is 0.478 e. The van der Waals surface area contributed by atoms with Gasteiger partial charge in [-0.25, -0.2) is 9.48 Å². The molecule has 0 spiro atoms. The molecule has 0 aliphatic carbocycles. The summed E-state index contributed by atoms with van der Waals surface area (Å²) in [4.78, 5) is 21.8. The molecule has 1 heterocycles. The molecule has 0 aliphatic heterocycles. The summed E-state index contributed by atoms with van der Waals surface area (Å²) in [6.07, 6.45) is 2.86. The number of carbonyl (C=O) groups is 2. The molecule has 6 nitrogen and oxygen atoms in total. The summed E-state index contributed by atoms with van der Waals surface area (Å²) in [5.74, 6) is -1.53. The average molecular weight is 245 g/mol. The Morgan fingerprint density at radius 1 is 1.39 bits per heavy atom. The van der Waals surface area contributed by atoms with E-state index >= 15 is 0 Å². The summed E-state index contributed by atoms with van der Waals surface area (Å²) < 4.78 is 1.47. The fourth-order valence-electron chi connectivity index (χ4n) is 1.62. The number of rotatable bonds is 3. The van der Waals surface area contributed by atoms with Crippen LogP contribution in [0.2, 0.25) is 0 Å². The van der Waals surface area contributed by atoms with Gasteiger partial charge >= 0.3 is 5.97 Å². The van der Waals surface area contributed by atoms with Gasteiger partial charge in [0.05, 0.1) is 23.0 Å². The van der Waals surface area contributed by atoms with Crippen molar-refractivity contribution in [1.29, 1.82) is 0 Å². The number of nitrogens with zero attached hydrogens (tertiary/aromatic N) is 2. The first kappa shape index (κ1) is 11.8. The molecule has 0 saturated carbocycles. The van der Waals surface area contributed by atoms with Gasteiger partial charge in [-0.1, -0.05) is 0 Å². The Balaban J connectivity index is 2.42. The molecule has 92 valence electrons. The van der Waals surface area contributed by atoms with Crippen LogP contribution in [0.4, 0.5) is 0 Å². The first-order valence-corrected chi connectivity index (χ1v) is 5.18. The topological polar surface area (TPSA) is 98.2 Å². The summed E-state index contributed by atoms with van der Waals surface area (Å²) in [5, 5.41) is 12.9. The van der Waals surface area contributed by atoms with E-state index in [0.717, 1.165) is 0 Å². The second-order valence-corrected chi connectivity index (χ2v) is 3.84. The van der Waals surface area contributed by atoms with E-state index in [0.29, 0.717) is 16.8 Å². The molecule has 1 amide bonds. The number of carboxylic acid groups (broad SMARTS) is 1. The summed E-state index contributed by atoms with van der Waals surface area (Å²) in [6.45, 7) is 1.70. The second-order valence-electron chi connectivity index (χ2n) is 3.84. The fraction of sp³-hybridized carbons (Fsp3) is 0.0833. The van der Waals surface area contributed by atoms with Crippen LogP contribution in [0.1, 0.15) is 26.3 Å². The van der Waals surface area contributed by atoms with Gasteiger partial charge in [-0.3, -0.25) is 4.79 Å². The van der Waals surface area contributed by atoms with Gasteiger partial charge in [-0.15, -0.1) is 0 Å². The zero-order valence-corrected chi connectivity index (χ0v) is 9.62. The van der Waals surface area contributed by atoms with E-state index in [4.69, 9.17) is 10.8 Å². The number of carbonyl (C=O) groups excluding carboxylic acids is 1. The Morgan fingerprint density at radius 2 is 2.11 bits per heavy atom. The third-order valence-electron chi connectivity index (χ3n) is 2.57. The summed E-state index contributed by atoms with van der Waals surface area (Å²) in [7, 11) is 0. The van der Waals surface area contributed by atoms with Crippen molar-refractivity contribution in [2.24, 2.45) is 5.73 Å². The van der Waals surface area contributed by atoms with Gasteiger partial charge in [0, 0.05) is 6.20 Å². The van der Waals surface area contributed by atoms with E-state index in [-0.39, 0.29) is 5.56 Å². The lowest BCUT2D eigenvalue weighted by atomic mass is 10.1. The van der Waals surface area contributed by atoms with Crippen LogP contribution in [0.25, 0.3) is 5.69 Å². The quantitative estimate of drug-likeness (QED) is 0.841. The van der Waals surface area contributed by atoms with Gasteiger partial charge in [0.15, 0.2) is 0 Å². The highest BCUT2D eigenvalue weighted by molar-refractivity contribution is 5.92. The third kappa shape index (κ3) is 2.08. The van der Waals surface area contributed by atoms with Crippen molar-refractivity contribution in [2.75, 3.05) is 0 Å². The van der Waals surface area contributed by atoms with E-state index in [1.165, 1.54) is 23.1 Å². The number of hydrogen-bond acceptors (Lipinski definition) is 3. The first-order valence-electron chi connectivity index (χ1n) is 5.18. The highest BCUT2D eigenvalue weighted by Gasteiger charge is 2.09. The van der Waals surface area contributed by atoms with Crippen molar-refractivity contribution in [3.05, 3.63) is 47.3 Å². The molecule has 1 aromatic heterocycles. The minimum absolute atomic E-state index is 0.237. The molecule has 18 heavy (non-hydrogen) atoms. The summed E-state index contributed by atoms with van der Waals surface area (Å²) >= 11 is 0. The van der Waals surface area contributed by atoms with Crippen molar-refractivity contribution in [3.8, 4) is 5.69 Å². The molecule has 0 radical (unpaired) electrons. The molecule has 0 saturated heterocycles. The number of aryl methyl sites for hydroxylation is 1. The second kappa shape index (κ2) is 4.33. The summed E-state index contributed by atoms with van der Waals surface area (Å²) in [6, 6.07) is 4.80. The van der Waals surface area contributed by atoms with Crippen LogP contribution >= 0.6 is 0 Å². The maximum Gasteiger partial charge on any atom is 0.335 e. The molecule has 2 rings (SSSR count). The van der Waals surface area contributed by atoms with Gasteiger partial charge in [-0.05, 0) is 30.7 Å². The van der Waals surface area contributed by atoms with Gasteiger partial charge in [0.2, 0.25) is 0 Å². The number of amides is 1. The fourth-order valence-corrected chi connectivity index (χ4v) is 1.62. The number of primary amides is 1. The molecule has 0 aliphatic rings. The van der Waals surface area contributed by atoms with E-state index in [9.17, 15) is 9.59 Å². The van der Waals surface area contributed by atoms with E-state index < -0.39 is 11.9 Å². The number of hydrogen-bond donors (Lipinski definition) is 2. The van der Waals surface area contributed by atoms with E-state index in [2.05, 4.69) is 5.10 Å². The maximum atomic E-state index is 10.9. The average Bonchev–Trinajstić information content (AvgIpc) is 2.77. The van der Waals surface area contributed by atoms with Gasteiger partial charge in [0.1, 0.15) is 0 Å². The Bertz CT molecular complexity index is 631. The molecule has 0 bridgehead atoms. The predicted octanol–water partition coefficient (Wildman–Crippen LogP) is 0.978. The predicted molar refractivity (Wildman–Crippen MR) is 63.8 cm³/mol. The Morgan fingerprint density at radius 3 is 2.61 bits per heavy atom. The molecule has 0 atom stereocenters. The zero-order valence-electron chi connectivity index (χ0n) is 9.62. The molecule has 3 N–H and O–H groups in total. The lowest BCUT2D eigenvalue weighted by Crippen LogP contribution is -2.09. The zero-order chi connectivity index (χ0) is 13.3. The highest BCUT2D eigenvalue weighted by atomic mass is 16.4. The van der Waals surface area contributed by atoms with Crippen LogP contribution in [-0.2, 0) is 0 Å². The van der Waals surface area contributed by atoms with Crippen LogP contribution in [0.3, 0.4) is 0 Å². The Kier molecular flexibility index (Phi) is 2.85. The van der Waals surface area contributed by atoms with Crippen LogP contribution in [0, 0.1) is 6.92 Å².